The van der Waals surface area contributed by atoms with Gasteiger partial charge in [-0.3, -0.25) is 4.79 Å². The monoisotopic (exact) mass is 335 g/mol. The van der Waals surface area contributed by atoms with Crippen LogP contribution in [0.4, 0.5) is 0 Å². The zero-order chi connectivity index (χ0) is 15.7. The Hall–Kier alpha value is -1.50. The molecule has 1 aromatic carbocycles. The SMILES string of the molecule is Cc1ccc(S(=O)(=O)N2CCCC2C(=O)c2ccccc2)s1. The normalized spacial score (nSPS) is 19.4. The molecule has 1 atom stereocenters. The van der Waals surface area contributed by atoms with Crippen LogP contribution in [0.3, 0.4) is 0 Å². The highest BCUT2D eigenvalue weighted by molar-refractivity contribution is 7.91. The minimum absolute atomic E-state index is 0.116. The number of thiophene rings is 1. The van der Waals surface area contributed by atoms with Crippen LogP contribution in [0.5, 0.6) is 0 Å². The molecule has 0 saturated carbocycles. The van der Waals surface area contributed by atoms with Crippen LogP contribution in [0.15, 0.2) is 46.7 Å². The molecule has 1 aliphatic rings. The second-order valence-corrected chi connectivity index (χ2v) is 8.77. The molecule has 1 fully saturated rings. The molecule has 22 heavy (non-hydrogen) atoms. The maximum absolute atomic E-state index is 12.8. The zero-order valence-corrected chi connectivity index (χ0v) is 13.9. The Morgan fingerprint density at radius 3 is 2.55 bits per heavy atom. The number of benzene rings is 1. The third-order valence-electron chi connectivity index (χ3n) is 3.84. The van der Waals surface area contributed by atoms with E-state index in [0.717, 1.165) is 4.88 Å². The third-order valence-corrected chi connectivity index (χ3v) is 7.22. The van der Waals surface area contributed by atoms with Gasteiger partial charge in [-0.1, -0.05) is 30.3 Å². The van der Waals surface area contributed by atoms with Crippen molar-refractivity contribution in [2.24, 2.45) is 0 Å². The van der Waals surface area contributed by atoms with E-state index in [1.807, 2.05) is 13.0 Å². The van der Waals surface area contributed by atoms with Gasteiger partial charge in [0.15, 0.2) is 5.78 Å². The van der Waals surface area contributed by atoms with Crippen molar-refractivity contribution < 1.29 is 13.2 Å². The van der Waals surface area contributed by atoms with Crippen LogP contribution in [0.1, 0.15) is 28.1 Å². The summed E-state index contributed by atoms with van der Waals surface area (Å²) in [5.41, 5.74) is 0.567. The van der Waals surface area contributed by atoms with E-state index in [9.17, 15) is 13.2 Å². The molecule has 0 radical (unpaired) electrons. The molecule has 0 spiro atoms. The van der Waals surface area contributed by atoms with E-state index < -0.39 is 16.1 Å². The number of rotatable bonds is 4. The molecule has 1 unspecified atom stereocenters. The zero-order valence-electron chi connectivity index (χ0n) is 12.2. The summed E-state index contributed by atoms with van der Waals surface area (Å²) in [5.74, 6) is -0.116. The minimum atomic E-state index is -3.59. The lowest BCUT2D eigenvalue weighted by Gasteiger charge is -2.22. The predicted octanol–water partition coefficient (Wildman–Crippen LogP) is 3.09. The maximum Gasteiger partial charge on any atom is 0.253 e. The van der Waals surface area contributed by atoms with E-state index >= 15 is 0 Å². The number of carbonyl (C=O) groups excluding carboxylic acids is 1. The van der Waals surface area contributed by atoms with Crippen molar-refractivity contribution in [2.45, 2.75) is 30.0 Å². The summed E-state index contributed by atoms with van der Waals surface area (Å²) >= 11 is 1.25. The Balaban J connectivity index is 1.92. The largest absolute Gasteiger partial charge is 0.292 e. The molecule has 116 valence electrons. The summed E-state index contributed by atoms with van der Waals surface area (Å²) in [6.07, 6.45) is 1.30. The van der Waals surface area contributed by atoms with E-state index in [4.69, 9.17) is 0 Å². The van der Waals surface area contributed by atoms with Gasteiger partial charge in [-0.2, -0.15) is 4.31 Å². The van der Waals surface area contributed by atoms with Gasteiger partial charge in [0, 0.05) is 17.0 Å². The summed E-state index contributed by atoms with van der Waals surface area (Å²) in [6.45, 7) is 2.28. The number of aryl methyl sites for hydroxylation is 1. The molecule has 0 bridgehead atoms. The van der Waals surface area contributed by atoms with Gasteiger partial charge >= 0.3 is 0 Å². The van der Waals surface area contributed by atoms with Gasteiger partial charge in [-0.15, -0.1) is 11.3 Å². The Bertz CT molecular complexity index is 781. The van der Waals surface area contributed by atoms with Crippen molar-refractivity contribution >= 4 is 27.1 Å². The van der Waals surface area contributed by atoms with Gasteiger partial charge in [0.2, 0.25) is 0 Å². The molecule has 0 amide bonds. The molecule has 3 rings (SSSR count). The maximum atomic E-state index is 12.8. The van der Waals surface area contributed by atoms with Gasteiger partial charge in [0.25, 0.3) is 10.0 Å². The summed E-state index contributed by atoms with van der Waals surface area (Å²) in [4.78, 5) is 13.6. The number of hydrogen-bond donors (Lipinski definition) is 0. The summed E-state index contributed by atoms with van der Waals surface area (Å²) < 4.78 is 27.2. The average Bonchev–Trinajstić information content (AvgIpc) is 3.16. The van der Waals surface area contributed by atoms with Crippen molar-refractivity contribution in [2.75, 3.05) is 6.54 Å². The molecule has 1 saturated heterocycles. The topological polar surface area (TPSA) is 54.5 Å². The Morgan fingerprint density at radius 2 is 1.91 bits per heavy atom. The average molecular weight is 335 g/mol. The van der Waals surface area contributed by atoms with Crippen LogP contribution in [-0.2, 0) is 10.0 Å². The Labute approximate surface area is 134 Å². The quantitative estimate of drug-likeness (QED) is 0.807. The summed E-state index contributed by atoms with van der Waals surface area (Å²) in [6, 6.07) is 11.7. The lowest BCUT2D eigenvalue weighted by atomic mass is 10.0. The van der Waals surface area contributed by atoms with Crippen molar-refractivity contribution in [3.63, 3.8) is 0 Å². The van der Waals surface area contributed by atoms with Gasteiger partial charge in [0.1, 0.15) is 4.21 Å². The smallest absolute Gasteiger partial charge is 0.253 e. The van der Waals surface area contributed by atoms with Gasteiger partial charge in [0.05, 0.1) is 6.04 Å². The number of sulfonamides is 1. The number of ketones is 1. The fraction of sp³-hybridized carbons (Fsp3) is 0.312. The molecule has 6 heteroatoms. The summed E-state index contributed by atoms with van der Waals surface area (Å²) in [5, 5.41) is 0. The third kappa shape index (κ3) is 2.74. The first-order valence-electron chi connectivity index (χ1n) is 7.18. The molecule has 1 aromatic heterocycles. The van der Waals surface area contributed by atoms with Crippen LogP contribution < -0.4 is 0 Å². The molecule has 2 aromatic rings. The minimum Gasteiger partial charge on any atom is -0.292 e. The highest BCUT2D eigenvalue weighted by atomic mass is 32.2. The van der Waals surface area contributed by atoms with E-state index in [0.29, 0.717) is 29.2 Å². The van der Waals surface area contributed by atoms with Gasteiger partial charge in [-0.25, -0.2) is 8.42 Å². The second kappa shape index (κ2) is 5.95. The standard InChI is InChI=1S/C16H17NO3S2/c1-12-9-10-15(21-12)22(19,20)17-11-5-8-14(17)16(18)13-6-3-2-4-7-13/h2-4,6-7,9-10,14H,5,8,11H2,1H3. The van der Waals surface area contributed by atoms with Crippen LogP contribution >= 0.6 is 11.3 Å². The second-order valence-electron chi connectivity index (χ2n) is 5.37. The molecule has 2 heterocycles. The van der Waals surface area contributed by atoms with E-state index in [2.05, 4.69) is 0 Å². The summed E-state index contributed by atoms with van der Waals surface area (Å²) in [7, 11) is -3.59. The van der Waals surface area contributed by atoms with Gasteiger partial charge < -0.3 is 0 Å². The number of hydrogen-bond acceptors (Lipinski definition) is 4. The molecular formula is C16H17NO3S2. The first-order valence-corrected chi connectivity index (χ1v) is 9.43. The van der Waals surface area contributed by atoms with Crippen LogP contribution in [0, 0.1) is 6.92 Å². The first-order chi connectivity index (χ1) is 10.5. The molecule has 4 nitrogen and oxygen atoms in total. The lowest BCUT2D eigenvalue weighted by molar-refractivity contribution is 0.0918. The van der Waals surface area contributed by atoms with E-state index in [-0.39, 0.29) is 5.78 Å². The Morgan fingerprint density at radius 1 is 1.18 bits per heavy atom. The molecule has 0 aliphatic carbocycles. The lowest BCUT2D eigenvalue weighted by Crippen LogP contribution is -2.40. The fourth-order valence-electron chi connectivity index (χ4n) is 2.75. The van der Waals surface area contributed by atoms with Crippen molar-refractivity contribution in [3.8, 4) is 0 Å². The first kappa shape index (κ1) is 15.4. The highest BCUT2D eigenvalue weighted by Gasteiger charge is 2.40. The fourth-order valence-corrected chi connectivity index (χ4v) is 5.82. The van der Waals surface area contributed by atoms with Crippen LogP contribution in [-0.4, -0.2) is 31.1 Å². The number of carbonyl (C=O) groups is 1. The molecular weight excluding hydrogens is 318 g/mol. The number of nitrogens with zero attached hydrogens (tertiary/aromatic N) is 1. The van der Waals surface area contributed by atoms with Crippen molar-refractivity contribution in [1.82, 2.24) is 4.31 Å². The van der Waals surface area contributed by atoms with E-state index in [1.54, 1.807) is 36.4 Å². The van der Waals surface area contributed by atoms with Crippen LogP contribution in [0.2, 0.25) is 0 Å². The predicted molar refractivity (Wildman–Crippen MR) is 86.7 cm³/mol. The van der Waals surface area contributed by atoms with Crippen LogP contribution in [0.25, 0.3) is 0 Å². The van der Waals surface area contributed by atoms with Crippen molar-refractivity contribution in [3.05, 3.63) is 52.9 Å². The van der Waals surface area contributed by atoms with Gasteiger partial charge in [-0.05, 0) is 31.9 Å². The molecule has 1 aliphatic heterocycles. The number of Topliss-reactive ketones (excluding diaryl/α,β-unsaturated/α-hetero) is 1. The molecule has 0 N–H and O–H groups in total. The highest BCUT2D eigenvalue weighted by Crippen LogP contribution is 2.31. The van der Waals surface area contributed by atoms with Crippen molar-refractivity contribution in [1.29, 1.82) is 0 Å². The van der Waals surface area contributed by atoms with E-state index in [1.165, 1.54) is 15.6 Å². The Kier molecular flexibility index (Phi) is 4.16.